The minimum Gasteiger partial charge on any atom is -0.380 e. The molecule has 3 aromatic rings. The molecule has 0 radical (unpaired) electrons. The van der Waals surface area contributed by atoms with Crippen molar-refractivity contribution in [1.82, 2.24) is 4.72 Å². The van der Waals surface area contributed by atoms with Gasteiger partial charge in [0.1, 0.15) is 0 Å². The molecule has 0 heterocycles. The normalized spacial score (nSPS) is 16.8. The Kier molecular flexibility index (Phi) is 8.72. The van der Waals surface area contributed by atoms with Gasteiger partial charge < -0.3 is 4.74 Å². The molecule has 5 rings (SSSR count). The van der Waals surface area contributed by atoms with Gasteiger partial charge in [-0.1, -0.05) is 73.5 Å². The number of nitrogens with two attached hydrogens (primary N) is 1. The number of allylic oxidation sites excluding steroid dienone is 2. The van der Waals surface area contributed by atoms with Gasteiger partial charge >= 0.3 is 0 Å². The van der Waals surface area contributed by atoms with E-state index in [1.165, 1.54) is 37.8 Å². The third kappa shape index (κ3) is 6.91. The fourth-order valence-corrected chi connectivity index (χ4v) is 6.97. The van der Waals surface area contributed by atoms with Crippen LogP contribution in [0.2, 0.25) is 0 Å². The lowest BCUT2D eigenvalue weighted by Crippen LogP contribution is -2.24. The molecule has 1 fully saturated rings. The maximum atomic E-state index is 12.9. The summed E-state index contributed by atoms with van der Waals surface area (Å²) in [6, 6.07) is 24.8. The quantitative estimate of drug-likeness (QED) is 0.416. The molecule has 0 saturated heterocycles. The number of rotatable bonds is 7. The molecule has 7 nitrogen and oxygen atoms in total. The summed E-state index contributed by atoms with van der Waals surface area (Å²) in [6.45, 7) is 0.580. The number of nitrogens with one attached hydrogen (secondary N) is 1. The van der Waals surface area contributed by atoms with Crippen LogP contribution in [0.15, 0.2) is 100 Å². The second kappa shape index (κ2) is 11.8. The fraction of sp³-hybridized carbons (Fsp3) is 0.310. The van der Waals surface area contributed by atoms with Gasteiger partial charge in [0.15, 0.2) is 0 Å². The average molecular weight is 555 g/mol. The summed E-state index contributed by atoms with van der Waals surface area (Å²) in [6.07, 6.45) is 6.58. The smallest absolute Gasteiger partial charge is 0.261 e. The molecule has 3 N–H and O–H groups in total. The van der Waals surface area contributed by atoms with Crippen LogP contribution in [-0.4, -0.2) is 23.9 Å². The molecular formula is C29H34N2O5S2. The lowest BCUT2D eigenvalue weighted by molar-refractivity contribution is 0.185. The van der Waals surface area contributed by atoms with E-state index in [0.717, 1.165) is 35.2 Å². The summed E-state index contributed by atoms with van der Waals surface area (Å²) in [5.74, 6) is 0. The molecule has 0 aliphatic heterocycles. The van der Waals surface area contributed by atoms with Crippen molar-refractivity contribution in [1.29, 1.82) is 0 Å². The predicted octanol–water partition coefficient (Wildman–Crippen LogP) is 5.21. The summed E-state index contributed by atoms with van der Waals surface area (Å²) in [5, 5.41) is 4.83. The van der Waals surface area contributed by atoms with E-state index >= 15 is 0 Å². The number of benzene rings is 3. The van der Waals surface area contributed by atoms with E-state index < -0.39 is 20.0 Å². The predicted molar refractivity (Wildman–Crippen MR) is 149 cm³/mol. The highest BCUT2D eigenvalue weighted by atomic mass is 32.2. The van der Waals surface area contributed by atoms with Crippen LogP contribution in [0, 0.1) is 5.41 Å². The van der Waals surface area contributed by atoms with E-state index in [0.29, 0.717) is 11.5 Å². The van der Waals surface area contributed by atoms with Crippen molar-refractivity contribution in [3.8, 4) is 0 Å². The molecule has 0 amide bonds. The molecule has 0 aromatic heterocycles. The number of primary sulfonamides is 1. The first-order chi connectivity index (χ1) is 18.1. The molecule has 1 spiro atoms. The van der Waals surface area contributed by atoms with Crippen molar-refractivity contribution in [2.45, 2.75) is 54.9 Å². The van der Waals surface area contributed by atoms with E-state index in [1.54, 1.807) is 49.6 Å². The third-order valence-corrected chi connectivity index (χ3v) is 9.47. The number of hydrogen-bond acceptors (Lipinski definition) is 5. The molecule has 0 unspecified atom stereocenters. The number of methoxy groups -OCH3 is 1. The highest BCUT2D eigenvalue weighted by molar-refractivity contribution is 7.89. The van der Waals surface area contributed by atoms with Gasteiger partial charge in [0.25, 0.3) is 10.0 Å². The van der Waals surface area contributed by atoms with Gasteiger partial charge in [-0.3, -0.25) is 4.72 Å². The second-order valence-corrected chi connectivity index (χ2v) is 13.2. The highest BCUT2D eigenvalue weighted by Crippen LogP contribution is 2.54. The van der Waals surface area contributed by atoms with Crippen LogP contribution in [0.25, 0.3) is 5.57 Å². The fourth-order valence-electron chi connectivity index (χ4n) is 5.28. The summed E-state index contributed by atoms with van der Waals surface area (Å²) >= 11 is 0. The number of ether oxygens (including phenoxy) is 1. The van der Waals surface area contributed by atoms with Crippen LogP contribution in [0.3, 0.4) is 0 Å². The molecule has 2 aliphatic carbocycles. The molecule has 202 valence electrons. The van der Waals surface area contributed by atoms with Crippen LogP contribution in [0.1, 0.15) is 49.7 Å². The first kappa shape index (κ1) is 28.0. The molecule has 1 saturated carbocycles. The zero-order valence-electron chi connectivity index (χ0n) is 21.5. The first-order valence-electron chi connectivity index (χ1n) is 12.6. The Balaban J connectivity index is 0.000000283. The Morgan fingerprint density at radius 2 is 1.34 bits per heavy atom. The van der Waals surface area contributed by atoms with Crippen LogP contribution in [0.5, 0.6) is 0 Å². The Bertz CT molecular complexity index is 1460. The second-order valence-electron chi connectivity index (χ2n) is 9.92. The molecular weight excluding hydrogens is 520 g/mol. The standard InChI is InChI=1S/C23H27NO3S.C6H7NO2S/c1-27-17-18-9-11-19(12-10-18)21-15-23(13-5-6-14-23)16-22(21)24-28(25,26)20-7-3-2-4-8-20;7-10(8,9)6-4-2-1-3-5-6/h2-4,7-12,24H,5-6,13-17H2,1H3;1-5H,(H2,7,8,9). The maximum absolute atomic E-state index is 12.9. The Morgan fingerprint density at radius 1 is 0.789 bits per heavy atom. The molecule has 0 bridgehead atoms. The van der Waals surface area contributed by atoms with Crippen molar-refractivity contribution in [2.24, 2.45) is 10.6 Å². The Morgan fingerprint density at radius 3 is 1.84 bits per heavy atom. The summed E-state index contributed by atoms with van der Waals surface area (Å²) in [5.41, 5.74) is 4.45. The number of sulfonamides is 2. The average Bonchev–Trinajstić information content (AvgIpc) is 3.51. The minimum absolute atomic E-state index is 0.148. The van der Waals surface area contributed by atoms with Crippen molar-refractivity contribution >= 4 is 25.6 Å². The van der Waals surface area contributed by atoms with Crippen LogP contribution >= 0.6 is 0 Å². The molecule has 0 atom stereocenters. The van der Waals surface area contributed by atoms with E-state index in [1.807, 2.05) is 6.07 Å². The SMILES string of the molecule is COCc1ccc(C2=C(NS(=O)(=O)c3ccccc3)CC3(CCCC3)C2)cc1.NS(=O)(=O)c1ccccc1. The monoisotopic (exact) mass is 554 g/mol. The first-order valence-corrected chi connectivity index (χ1v) is 15.6. The summed E-state index contributed by atoms with van der Waals surface area (Å²) < 4.78 is 55.3. The van der Waals surface area contributed by atoms with E-state index in [9.17, 15) is 16.8 Å². The highest BCUT2D eigenvalue weighted by Gasteiger charge is 2.42. The van der Waals surface area contributed by atoms with E-state index in [-0.39, 0.29) is 10.3 Å². The van der Waals surface area contributed by atoms with Crippen molar-refractivity contribution < 1.29 is 21.6 Å². The van der Waals surface area contributed by atoms with Gasteiger partial charge in [0, 0.05) is 12.8 Å². The van der Waals surface area contributed by atoms with E-state index in [4.69, 9.17) is 9.88 Å². The number of hydrogen-bond donors (Lipinski definition) is 2. The van der Waals surface area contributed by atoms with Gasteiger partial charge in [-0.05, 0) is 72.1 Å². The van der Waals surface area contributed by atoms with Crippen LogP contribution in [0.4, 0.5) is 0 Å². The van der Waals surface area contributed by atoms with Gasteiger partial charge in [0.2, 0.25) is 10.0 Å². The van der Waals surface area contributed by atoms with E-state index in [2.05, 4.69) is 29.0 Å². The van der Waals surface area contributed by atoms with Crippen LogP contribution in [-0.2, 0) is 31.4 Å². The topological polar surface area (TPSA) is 116 Å². The van der Waals surface area contributed by atoms with Crippen molar-refractivity contribution in [2.75, 3.05) is 7.11 Å². The lowest BCUT2D eigenvalue weighted by atomic mass is 9.82. The lowest BCUT2D eigenvalue weighted by Gasteiger charge is -2.23. The van der Waals surface area contributed by atoms with Crippen LogP contribution < -0.4 is 9.86 Å². The van der Waals surface area contributed by atoms with Gasteiger partial charge in [-0.25, -0.2) is 22.0 Å². The molecule has 2 aliphatic rings. The third-order valence-electron chi connectivity index (χ3n) is 7.13. The van der Waals surface area contributed by atoms with Gasteiger partial charge in [-0.15, -0.1) is 0 Å². The zero-order chi connectivity index (χ0) is 27.2. The van der Waals surface area contributed by atoms with Crippen molar-refractivity contribution in [3.63, 3.8) is 0 Å². The largest absolute Gasteiger partial charge is 0.380 e. The summed E-state index contributed by atoms with van der Waals surface area (Å²) in [4.78, 5) is 0.458. The van der Waals surface area contributed by atoms with Gasteiger partial charge in [-0.2, -0.15) is 0 Å². The zero-order valence-corrected chi connectivity index (χ0v) is 23.1. The molecule has 9 heteroatoms. The maximum Gasteiger partial charge on any atom is 0.261 e. The van der Waals surface area contributed by atoms with Gasteiger partial charge in [0.05, 0.1) is 16.4 Å². The molecule has 3 aromatic carbocycles. The Labute approximate surface area is 225 Å². The Hall–Kier alpha value is -2.98. The van der Waals surface area contributed by atoms with Crippen molar-refractivity contribution in [3.05, 3.63) is 102 Å². The molecule has 38 heavy (non-hydrogen) atoms. The summed E-state index contributed by atoms with van der Waals surface area (Å²) in [7, 11) is -5.39. The minimum atomic E-state index is -3.58.